The van der Waals surface area contributed by atoms with E-state index in [1.165, 1.54) is 23.5 Å². The molecule has 11 heteroatoms. The summed E-state index contributed by atoms with van der Waals surface area (Å²) < 4.78 is 30.6. The average Bonchev–Trinajstić information content (AvgIpc) is 3.55. The summed E-state index contributed by atoms with van der Waals surface area (Å²) in [5.41, 5.74) is 8.49. The van der Waals surface area contributed by atoms with Crippen LogP contribution in [0.25, 0.3) is 10.6 Å². The van der Waals surface area contributed by atoms with Crippen molar-refractivity contribution < 1.29 is 18.7 Å². The monoisotopic (exact) mass is 524 g/mol. The van der Waals surface area contributed by atoms with Crippen molar-refractivity contribution in [3.05, 3.63) is 82.6 Å². The second-order valence-corrected chi connectivity index (χ2v) is 9.80. The third-order valence-corrected chi connectivity index (χ3v) is 7.22. The zero-order valence-corrected chi connectivity index (χ0v) is 20.7. The van der Waals surface area contributed by atoms with Crippen LogP contribution >= 0.6 is 11.3 Å². The molecular weight excluding hydrogens is 498 g/mol. The fraction of sp³-hybridized carbons (Fsp3) is 0.269. The molecule has 1 saturated heterocycles. The lowest BCUT2D eigenvalue weighted by molar-refractivity contribution is 0.102. The molecule has 8 nitrogen and oxygen atoms in total. The van der Waals surface area contributed by atoms with E-state index in [1.54, 1.807) is 46.7 Å². The highest BCUT2D eigenvalue weighted by molar-refractivity contribution is 7.13. The maximum Gasteiger partial charge on any atom is 0.275 e. The molecule has 1 atom stereocenters. The molecule has 0 bridgehead atoms. The molecule has 1 fully saturated rings. The largest absolute Gasteiger partial charge is 0.392 e. The Kier molecular flexibility index (Phi) is 7.26. The quantitative estimate of drug-likeness (QED) is 0.337. The number of nitrogens with two attached hydrogens (primary N) is 1. The van der Waals surface area contributed by atoms with Gasteiger partial charge in [-0.05, 0) is 36.6 Å². The van der Waals surface area contributed by atoms with Crippen molar-refractivity contribution in [2.24, 2.45) is 5.73 Å². The lowest BCUT2D eigenvalue weighted by Gasteiger charge is -2.34. The van der Waals surface area contributed by atoms with Crippen LogP contribution in [0.2, 0.25) is 0 Å². The number of amides is 1. The number of aliphatic hydroxyl groups excluding tert-OH is 1. The highest BCUT2D eigenvalue weighted by atomic mass is 32.1. The number of benzene rings is 2. The van der Waals surface area contributed by atoms with E-state index in [0.29, 0.717) is 46.2 Å². The number of rotatable bonds is 7. The van der Waals surface area contributed by atoms with Gasteiger partial charge in [0.05, 0.1) is 30.7 Å². The number of thiazole rings is 1. The van der Waals surface area contributed by atoms with E-state index < -0.39 is 17.5 Å². The van der Waals surface area contributed by atoms with Crippen LogP contribution in [0.3, 0.4) is 0 Å². The smallest absolute Gasteiger partial charge is 0.275 e. The molecule has 2 aromatic carbocycles. The van der Waals surface area contributed by atoms with Crippen LogP contribution in [0.15, 0.2) is 54.2 Å². The number of halogens is 2. The number of anilines is 2. The van der Waals surface area contributed by atoms with Crippen molar-refractivity contribution in [2.75, 3.05) is 23.3 Å². The average molecular weight is 525 g/mol. The van der Waals surface area contributed by atoms with Gasteiger partial charge in [-0.1, -0.05) is 18.2 Å². The Morgan fingerprint density at radius 2 is 2.03 bits per heavy atom. The van der Waals surface area contributed by atoms with Gasteiger partial charge in [-0.3, -0.25) is 9.48 Å². The minimum atomic E-state index is -0.456. The number of hydrogen-bond acceptors (Lipinski definition) is 7. The van der Waals surface area contributed by atoms with Crippen molar-refractivity contribution >= 4 is 28.6 Å². The Hall–Kier alpha value is -3.67. The van der Waals surface area contributed by atoms with E-state index in [-0.39, 0.29) is 24.9 Å². The van der Waals surface area contributed by atoms with Crippen molar-refractivity contribution in [3.63, 3.8) is 0 Å². The van der Waals surface area contributed by atoms with Gasteiger partial charge in [0.15, 0.2) is 0 Å². The van der Waals surface area contributed by atoms with E-state index in [0.717, 1.165) is 12.8 Å². The minimum Gasteiger partial charge on any atom is -0.392 e. The SMILES string of the molecule is N[C@@H]1CCCN(c2c(F)cccc2NC(=O)c2csc(-c3cnn(Cc4c(F)cccc4CO)c3)n2)C1. The predicted octanol–water partition coefficient (Wildman–Crippen LogP) is 4.01. The number of hydrogen-bond donors (Lipinski definition) is 3. The molecule has 0 unspecified atom stereocenters. The Balaban J connectivity index is 1.32. The zero-order valence-electron chi connectivity index (χ0n) is 19.9. The summed E-state index contributed by atoms with van der Waals surface area (Å²) in [7, 11) is 0. The summed E-state index contributed by atoms with van der Waals surface area (Å²) in [6, 6.07) is 9.09. The molecule has 192 valence electrons. The van der Waals surface area contributed by atoms with E-state index in [4.69, 9.17) is 5.73 Å². The van der Waals surface area contributed by atoms with Crippen LogP contribution in [-0.4, -0.2) is 44.9 Å². The second kappa shape index (κ2) is 10.8. The first-order chi connectivity index (χ1) is 17.9. The van der Waals surface area contributed by atoms with Crippen molar-refractivity contribution in [3.8, 4) is 10.6 Å². The number of carbonyl (C=O) groups excluding carboxylic acids is 1. The third kappa shape index (κ3) is 5.38. The molecule has 5 rings (SSSR count). The molecule has 0 saturated carbocycles. The van der Waals surface area contributed by atoms with Crippen LogP contribution in [0.5, 0.6) is 0 Å². The maximum absolute atomic E-state index is 14.8. The Morgan fingerprint density at radius 3 is 2.84 bits per heavy atom. The van der Waals surface area contributed by atoms with Gasteiger partial charge in [0.25, 0.3) is 5.91 Å². The van der Waals surface area contributed by atoms with Crippen molar-refractivity contribution in [2.45, 2.75) is 32.0 Å². The molecular formula is C26H26F2N6O2S. The lowest BCUT2D eigenvalue weighted by Crippen LogP contribution is -2.43. The van der Waals surface area contributed by atoms with Crippen LogP contribution < -0.4 is 16.0 Å². The zero-order chi connectivity index (χ0) is 25.9. The normalized spacial score (nSPS) is 15.7. The molecule has 0 spiro atoms. The van der Waals surface area contributed by atoms with Gasteiger partial charge >= 0.3 is 0 Å². The first-order valence-electron chi connectivity index (χ1n) is 11.9. The summed E-state index contributed by atoms with van der Waals surface area (Å²) in [6.45, 7) is 1.05. The molecule has 2 aromatic heterocycles. The molecule has 4 N–H and O–H groups in total. The number of carbonyl (C=O) groups is 1. The fourth-order valence-electron chi connectivity index (χ4n) is 4.50. The Morgan fingerprint density at radius 1 is 1.22 bits per heavy atom. The first kappa shape index (κ1) is 25.0. The number of aromatic nitrogens is 3. The molecule has 37 heavy (non-hydrogen) atoms. The molecule has 4 aromatic rings. The van der Waals surface area contributed by atoms with E-state index in [9.17, 15) is 18.7 Å². The summed E-state index contributed by atoms with van der Waals surface area (Å²) in [4.78, 5) is 19.3. The fourth-order valence-corrected chi connectivity index (χ4v) is 5.27. The van der Waals surface area contributed by atoms with Gasteiger partial charge < -0.3 is 21.1 Å². The topological polar surface area (TPSA) is 109 Å². The Labute approximate surface area is 216 Å². The summed E-state index contributed by atoms with van der Waals surface area (Å²) in [6.07, 6.45) is 5.03. The summed E-state index contributed by atoms with van der Waals surface area (Å²) in [5, 5.41) is 18.8. The van der Waals surface area contributed by atoms with E-state index in [1.807, 2.05) is 4.90 Å². The summed E-state index contributed by atoms with van der Waals surface area (Å²) >= 11 is 1.27. The lowest BCUT2D eigenvalue weighted by atomic mass is 10.1. The van der Waals surface area contributed by atoms with Gasteiger partial charge in [0.1, 0.15) is 22.3 Å². The number of para-hydroxylation sites is 1. The van der Waals surface area contributed by atoms with Gasteiger partial charge in [-0.25, -0.2) is 13.8 Å². The van der Waals surface area contributed by atoms with Crippen molar-refractivity contribution in [1.29, 1.82) is 0 Å². The molecule has 0 radical (unpaired) electrons. The van der Waals surface area contributed by atoms with Crippen LogP contribution in [0, 0.1) is 11.6 Å². The van der Waals surface area contributed by atoms with Gasteiger partial charge in [0, 0.05) is 41.8 Å². The van der Waals surface area contributed by atoms with Gasteiger partial charge in [0.2, 0.25) is 0 Å². The number of nitrogens with zero attached hydrogens (tertiary/aromatic N) is 4. The predicted molar refractivity (Wildman–Crippen MR) is 139 cm³/mol. The highest BCUT2D eigenvalue weighted by Crippen LogP contribution is 2.32. The second-order valence-electron chi connectivity index (χ2n) is 8.94. The molecule has 1 amide bonds. The van der Waals surface area contributed by atoms with Crippen LogP contribution in [0.4, 0.5) is 20.2 Å². The molecule has 3 heterocycles. The molecule has 1 aliphatic rings. The molecule has 1 aliphatic heterocycles. The summed E-state index contributed by atoms with van der Waals surface area (Å²) in [5.74, 6) is -1.29. The van der Waals surface area contributed by atoms with Crippen LogP contribution in [-0.2, 0) is 13.2 Å². The standard InChI is InChI=1S/C26H26F2N6O2S/c27-20-6-1-4-16(14-35)19(20)13-34-11-17(10-30-34)26-32-23(15-37-26)25(36)31-22-8-2-7-21(28)24(22)33-9-3-5-18(29)12-33/h1-2,4,6-8,10-11,15,18,35H,3,5,9,12-14,29H2,(H,31,36)/t18-/m1/s1. The Bertz CT molecular complexity index is 1420. The highest BCUT2D eigenvalue weighted by Gasteiger charge is 2.24. The number of piperidine rings is 1. The van der Waals surface area contributed by atoms with E-state index in [2.05, 4.69) is 15.4 Å². The van der Waals surface area contributed by atoms with Gasteiger partial charge in [-0.15, -0.1) is 11.3 Å². The number of nitrogens with one attached hydrogen (secondary N) is 1. The first-order valence-corrected chi connectivity index (χ1v) is 12.8. The van der Waals surface area contributed by atoms with Crippen LogP contribution in [0.1, 0.15) is 34.5 Å². The maximum atomic E-state index is 14.8. The minimum absolute atomic E-state index is 0.0486. The van der Waals surface area contributed by atoms with Gasteiger partial charge in [-0.2, -0.15) is 5.10 Å². The van der Waals surface area contributed by atoms with E-state index >= 15 is 0 Å². The van der Waals surface area contributed by atoms with Crippen molar-refractivity contribution in [1.82, 2.24) is 14.8 Å². The molecule has 0 aliphatic carbocycles. The number of aliphatic hydroxyl groups is 1. The third-order valence-electron chi connectivity index (χ3n) is 6.33.